The minimum absolute atomic E-state index is 0.0788. The molecule has 6 heterocycles. The molecule has 0 unspecified atom stereocenters. The molecule has 15 heteroatoms. The number of primary amides is 1. The summed E-state index contributed by atoms with van der Waals surface area (Å²) in [7, 11) is 0. The molecule has 3 saturated heterocycles. The summed E-state index contributed by atoms with van der Waals surface area (Å²) in [5, 5.41) is 13.4. The molecule has 3 aliphatic heterocycles. The Balaban J connectivity index is 1.19. The molecule has 3 fully saturated rings. The predicted molar refractivity (Wildman–Crippen MR) is 199 cm³/mol. The Hall–Kier alpha value is -5.44. The van der Waals surface area contributed by atoms with Gasteiger partial charge >= 0.3 is 11.7 Å². The summed E-state index contributed by atoms with van der Waals surface area (Å²) in [6.07, 6.45) is 8.33. The molecule has 4 amide bonds. The highest BCUT2D eigenvalue weighted by atomic mass is 16.3. The molecule has 0 radical (unpaired) electrons. The number of nitrogens with zero attached hydrogens (tertiary/aromatic N) is 7. The Morgan fingerprint density at radius 3 is 2.25 bits per heavy atom. The van der Waals surface area contributed by atoms with Crippen LogP contribution >= 0.6 is 0 Å². The van der Waals surface area contributed by atoms with Gasteiger partial charge in [0.2, 0.25) is 11.8 Å². The first kappa shape index (κ1) is 35.9. The Labute approximate surface area is 307 Å². The third kappa shape index (κ3) is 7.99. The maximum Gasteiger partial charge on any atom is 0.327 e. The fourth-order valence-corrected chi connectivity index (χ4v) is 8.19. The zero-order valence-corrected chi connectivity index (χ0v) is 29.8. The maximum absolute atomic E-state index is 15.0. The average molecular weight is 725 g/mol. The lowest BCUT2D eigenvalue weighted by molar-refractivity contribution is -0.139. The number of amides is 4. The molecule has 15 nitrogen and oxygen atoms in total. The van der Waals surface area contributed by atoms with Gasteiger partial charge in [0.15, 0.2) is 5.65 Å². The quantitative estimate of drug-likeness (QED) is 0.190. The number of imidazole rings is 1. The number of phenols is 1. The van der Waals surface area contributed by atoms with E-state index in [0.29, 0.717) is 75.3 Å². The minimum Gasteiger partial charge on any atom is -0.508 e. The van der Waals surface area contributed by atoms with E-state index in [1.165, 1.54) is 17.0 Å². The summed E-state index contributed by atoms with van der Waals surface area (Å²) in [5.74, 6) is -0.648. The van der Waals surface area contributed by atoms with Crippen molar-refractivity contribution < 1.29 is 19.5 Å². The van der Waals surface area contributed by atoms with Gasteiger partial charge < -0.3 is 35.8 Å². The first-order chi connectivity index (χ1) is 25.8. The predicted octanol–water partition coefficient (Wildman–Crippen LogP) is 2.09. The number of hydrogen-bond donors (Lipinski definition) is 4. The number of piperazine rings is 1. The van der Waals surface area contributed by atoms with E-state index in [0.717, 1.165) is 31.6 Å². The number of likely N-dealkylation sites (tertiary alicyclic amines) is 1. The molecule has 280 valence electrons. The van der Waals surface area contributed by atoms with Gasteiger partial charge in [0.1, 0.15) is 17.8 Å². The second kappa shape index (κ2) is 16.1. The van der Waals surface area contributed by atoms with Gasteiger partial charge in [0.05, 0.1) is 5.52 Å². The van der Waals surface area contributed by atoms with Crippen molar-refractivity contribution in [3.05, 3.63) is 83.2 Å². The van der Waals surface area contributed by atoms with Crippen molar-refractivity contribution in [2.45, 2.75) is 56.7 Å². The van der Waals surface area contributed by atoms with Crippen LogP contribution in [-0.2, 0) is 16.0 Å². The first-order valence-electron chi connectivity index (χ1n) is 18.6. The van der Waals surface area contributed by atoms with Crippen LogP contribution in [0.15, 0.2) is 71.9 Å². The minimum atomic E-state index is -1.12. The van der Waals surface area contributed by atoms with Gasteiger partial charge in [-0.2, -0.15) is 0 Å². The van der Waals surface area contributed by atoms with Crippen molar-refractivity contribution in [3.8, 4) is 5.75 Å². The number of carbonyl (C=O) groups is 3. The number of phenolic OH excluding ortho intramolecular Hbond substituents is 1. The fourth-order valence-electron chi connectivity index (χ4n) is 8.19. The van der Waals surface area contributed by atoms with Gasteiger partial charge in [-0.3, -0.25) is 24.1 Å². The normalized spacial score (nSPS) is 18.5. The number of H-pyrrole nitrogens is 1. The molecule has 5 N–H and O–H groups in total. The van der Waals surface area contributed by atoms with Crippen molar-refractivity contribution in [2.75, 3.05) is 57.3 Å². The van der Waals surface area contributed by atoms with Crippen molar-refractivity contribution in [2.24, 2.45) is 11.7 Å². The molecule has 0 saturated carbocycles. The Kier molecular flexibility index (Phi) is 10.9. The second-order valence-electron chi connectivity index (χ2n) is 14.3. The number of carbonyl (C=O) groups excluding carboxylic acids is 3. The largest absolute Gasteiger partial charge is 0.508 e. The van der Waals surface area contributed by atoms with E-state index in [1.807, 2.05) is 23.1 Å². The number of urea groups is 1. The van der Waals surface area contributed by atoms with Crippen LogP contribution in [0.2, 0.25) is 0 Å². The number of piperidine rings is 2. The second-order valence-corrected chi connectivity index (χ2v) is 14.3. The van der Waals surface area contributed by atoms with E-state index in [2.05, 4.69) is 25.2 Å². The first-order valence-corrected chi connectivity index (χ1v) is 18.6. The van der Waals surface area contributed by atoms with Crippen LogP contribution in [0.3, 0.4) is 0 Å². The van der Waals surface area contributed by atoms with Crippen molar-refractivity contribution >= 4 is 34.7 Å². The molecule has 3 aromatic heterocycles. The van der Waals surface area contributed by atoms with Gasteiger partial charge in [-0.25, -0.2) is 14.6 Å². The number of aromatic amines is 1. The molecule has 0 spiro atoms. The highest BCUT2D eigenvalue weighted by Crippen LogP contribution is 2.30. The summed E-state index contributed by atoms with van der Waals surface area (Å²) in [6, 6.07) is 11.4. The third-order valence-corrected chi connectivity index (χ3v) is 11.1. The van der Waals surface area contributed by atoms with Gasteiger partial charge in [-0.15, -0.1) is 0 Å². The van der Waals surface area contributed by atoms with E-state index in [1.54, 1.807) is 46.3 Å². The monoisotopic (exact) mass is 724 g/mol. The SMILES string of the molecule is NC(=O)[C@@H](Cc1ccc(O)cc1)N(C(=O)N1CCC(n2c(=O)[nH]c3ncccc32)CC1)[C@@H](CC1CCNCC1)C(=O)N1CCN(c2ccncc2)CC1. The van der Waals surface area contributed by atoms with Crippen LogP contribution in [0.5, 0.6) is 5.75 Å². The number of aromatic hydroxyl groups is 1. The average Bonchev–Trinajstić information content (AvgIpc) is 3.54. The highest BCUT2D eigenvalue weighted by molar-refractivity contribution is 5.92. The van der Waals surface area contributed by atoms with E-state index < -0.39 is 24.0 Å². The van der Waals surface area contributed by atoms with E-state index in [9.17, 15) is 24.3 Å². The topological polar surface area (TPSA) is 186 Å². The Morgan fingerprint density at radius 2 is 1.57 bits per heavy atom. The van der Waals surface area contributed by atoms with Crippen LogP contribution in [0.1, 0.15) is 43.7 Å². The van der Waals surface area contributed by atoms with Crippen molar-refractivity contribution in [1.82, 2.24) is 39.5 Å². The van der Waals surface area contributed by atoms with E-state index >= 15 is 0 Å². The highest BCUT2D eigenvalue weighted by Gasteiger charge is 2.44. The lowest BCUT2D eigenvalue weighted by Gasteiger charge is -2.45. The lowest BCUT2D eigenvalue weighted by Crippen LogP contribution is -2.64. The van der Waals surface area contributed by atoms with Crippen molar-refractivity contribution in [1.29, 1.82) is 0 Å². The van der Waals surface area contributed by atoms with Crippen LogP contribution in [0.25, 0.3) is 11.2 Å². The molecule has 2 atom stereocenters. The van der Waals surface area contributed by atoms with Crippen LogP contribution < -0.4 is 21.6 Å². The lowest BCUT2D eigenvalue weighted by atomic mass is 9.88. The number of pyridine rings is 2. The number of aromatic nitrogens is 4. The molecular formula is C38H48N10O5. The zero-order valence-electron chi connectivity index (χ0n) is 29.8. The molecule has 3 aliphatic rings. The molecular weight excluding hydrogens is 676 g/mol. The Morgan fingerprint density at radius 1 is 0.868 bits per heavy atom. The van der Waals surface area contributed by atoms with E-state index in [4.69, 9.17) is 5.73 Å². The number of hydrogen-bond acceptors (Lipinski definition) is 9. The maximum atomic E-state index is 15.0. The molecule has 0 bridgehead atoms. The molecule has 53 heavy (non-hydrogen) atoms. The molecule has 7 rings (SSSR count). The summed E-state index contributed by atoms with van der Waals surface area (Å²) in [5.41, 5.74) is 8.89. The number of nitrogens with one attached hydrogen (secondary N) is 2. The number of nitrogens with two attached hydrogens (primary N) is 1. The molecule has 4 aromatic rings. The third-order valence-electron chi connectivity index (χ3n) is 11.1. The number of benzene rings is 1. The summed E-state index contributed by atoms with van der Waals surface area (Å²) >= 11 is 0. The molecule has 1 aromatic carbocycles. The molecule has 0 aliphatic carbocycles. The fraction of sp³-hybridized carbons (Fsp3) is 0.474. The van der Waals surface area contributed by atoms with Gasteiger partial charge in [0, 0.05) is 76.0 Å². The number of anilines is 1. The number of rotatable bonds is 10. The van der Waals surface area contributed by atoms with Crippen LogP contribution in [0, 0.1) is 5.92 Å². The summed E-state index contributed by atoms with van der Waals surface area (Å²) < 4.78 is 1.72. The number of fused-ring (bicyclic) bond motifs is 1. The summed E-state index contributed by atoms with van der Waals surface area (Å²) in [6.45, 7) is 4.43. The van der Waals surface area contributed by atoms with Crippen LogP contribution in [0.4, 0.5) is 10.5 Å². The van der Waals surface area contributed by atoms with Gasteiger partial charge in [-0.05, 0) is 93.1 Å². The Bertz CT molecular complexity index is 1930. The smallest absolute Gasteiger partial charge is 0.327 e. The van der Waals surface area contributed by atoms with E-state index in [-0.39, 0.29) is 35.7 Å². The van der Waals surface area contributed by atoms with Gasteiger partial charge in [-0.1, -0.05) is 12.1 Å². The summed E-state index contributed by atoms with van der Waals surface area (Å²) in [4.78, 5) is 74.8. The van der Waals surface area contributed by atoms with Crippen LogP contribution in [-0.4, -0.2) is 122 Å². The van der Waals surface area contributed by atoms with Gasteiger partial charge in [0.25, 0.3) is 0 Å². The standard InChI is InChI=1S/C38H48N10O5/c39-34(50)32(24-26-3-5-30(49)6-4-26)48(38(53)46-18-11-29(12-19-46)47-31-2-1-13-42-35(31)43-37(47)52)33(25-27-7-14-40-15-8-27)36(51)45-22-20-44(21-23-45)28-9-16-41-17-10-28/h1-6,9-10,13,16-17,27,29,32-33,40,49H,7-8,11-12,14-15,18-25H2,(H2,39,50)(H,42,43,52)/t32-,33+/m1/s1. The zero-order chi connectivity index (χ0) is 36.9. The van der Waals surface area contributed by atoms with Crippen molar-refractivity contribution in [3.63, 3.8) is 0 Å².